The third-order valence-electron chi connectivity index (χ3n) is 6.09. The summed E-state index contributed by atoms with van der Waals surface area (Å²) in [7, 11) is 0. The molecule has 0 saturated carbocycles. The van der Waals surface area contributed by atoms with Crippen LogP contribution in [0.5, 0.6) is 5.75 Å². The monoisotopic (exact) mass is 518 g/mol. The van der Waals surface area contributed by atoms with Gasteiger partial charge in [-0.2, -0.15) is 0 Å². The van der Waals surface area contributed by atoms with Gasteiger partial charge in [0.25, 0.3) is 5.78 Å². The Balaban J connectivity index is 1.71. The highest BCUT2D eigenvalue weighted by Crippen LogP contribution is 2.45. The molecule has 5 rings (SSSR count). The van der Waals surface area contributed by atoms with Gasteiger partial charge < -0.3 is 9.84 Å². The van der Waals surface area contributed by atoms with E-state index in [4.69, 9.17) is 21.3 Å². The molecule has 182 valence electrons. The average molecular weight is 519 g/mol. The fourth-order valence-corrected chi connectivity index (χ4v) is 5.78. The molecule has 1 saturated heterocycles. The summed E-state index contributed by atoms with van der Waals surface area (Å²) in [5.74, 6) is -1.10. The van der Waals surface area contributed by atoms with Crippen molar-refractivity contribution >= 4 is 55.7 Å². The molecule has 0 radical (unpaired) electrons. The summed E-state index contributed by atoms with van der Waals surface area (Å²) in [6.07, 6.45) is 0. The molecule has 3 aromatic carbocycles. The Hall–Kier alpha value is -3.68. The summed E-state index contributed by atoms with van der Waals surface area (Å²) < 4.78 is 6.49. The van der Waals surface area contributed by atoms with Crippen LogP contribution in [-0.4, -0.2) is 28.4 Å². The Kier molecular flexibility index (Phi) is 6.28. The molecule has 0 aliphatic carbocycles. The molecule has 0 unspecified atom stereocenters. The molecule has 1 fully saturated rings. The minimum Gasteiger partial charge on any atom is -0.507 e. The number of ether oxygens (including phenoxy) is 1. The molecule has 36 heavy (non-hydrogen) atoms. The van der Waals surface area contributed by atoms with Gasteiger partial charge in [-0.1, -0.05) is 41.1 Å². The number of hydrogen-bond donors (Lipinski definition) is 1. The number of aliphatic hydroxyl groups is 1. The minimum absolute atomic E-state index is 0.00126. The third-order valence-corrected chi connectivity index (χ3v) is 7.35. The number of amides is 1. The van der Waals surface area contributed by atoms with Crippen LogP contribution in [-0.2, 0) is 9.59 Å². The van der Waals surface area contributed by atoms with Gasteiger partial charge in [0, 0.05) is 10.6 Å². The highest BCUT2D eigenvalue weighted by molar-refractivity contribution is 7.22. The SMILES string of the molecule is CCOc1ccc([C@@H]2/C(=C(\O)c3ccc(Cl)cc3)C(=O)C(=O)N2c2nc3c(C)cc(C)cc3s2)cc1. The van der Waals surface area contributed by atoms with Crippen LogP contribution in [0.3, 0.4) is 0 Å². The highest BCUT2D eigenvalue weighted by atomic mass is 35.5. The van der Waals surface area contributed by atoms with Gasteiger partial charge in [0.15, 0.2) is 5.13 Å². The van der Waals surface area contributed by atoms with Crippen molar-refractivity contribution < 1.29 is 19.4 Å². The first-order valence-corrected chi connectivity index (χ1v) is 12.7. The molecule has 1 N–H and O–H groups in total. The van der Waals surface area contributed by atoms with E-state index in [1.54, 1.807) is 48.5 Å². The van der Waals surface area contributed by atoms with Crippen molar-refractivity contribution in [2.24, 2.45) is 0 Å². The number of ketones is 1. The van der Waals surface area contributed by atoms with E-state index in [-0.39, 0.29) is 11.3 Å². The number of Topliss-reactive ketones (excluding diaryl/α,β-unsaturated/α-hetero) is 1. The summed E-state index contributed by atoms with van der Waals surface area (Å²) in [5, 5.41) is 12.1. The largest absolute Gasteiger partial charge is 0.507 e. The van der Waals surface area contributed by atoms with Gasteiger partial charge in [-0.3, -0.25) is 14.5 Å². The van der Waals surface area contributed by atoms with Crippen LogP contribution in [0, 0.1) is 13.8 Å². The first-order valence-electron chi connectivity index (χ1n) is 11.5. The normalized spacial score (nSPS) is 17.2. The number of halogens is 1. The summed E-state index contributed by atoms with van der Waals surface area (Å²) in [4.78, 5) is 33.0. The van der Waals surface area contributed by atoms with Gasteiger partial charge in [-0.25, -0.2) is 4.98 Å². The van der Waals surface area contributed by atoms with Gasteiger partial charge in [0.2, 0.25) is 0 Å². The summed E-state index contributed by atoms with van der Waals surface area (Å²) in [5.41, 5.74) is 3.90. The highest BCUT2D eigenvalue weighted by Gasteiger charge is 2.48. The number of carbonyl (C=O) groups is 2. The average Bonchev–Trinajstić information content (AvgIpc) is 3.38. The van der Waals surface area contributed by atoms with Gasteiger partial charge >= 0.3 is 5.91 Å². The molecule has 0 spiro atoms. The van der Waals surface area contributed by atoms with Crippen LogP contribution in [0.1, 0.15) is 35.2 Å². The van der Waals surface area contributed by atoms with Gasteiger partial charge in [0.1, 0.15) is 11.5 Å². The maximum Gasteiger partial charge on any atom is 0.301 e. The zero-order valence-electron chi connectivity index (χ0n) is 19.9. The Morgan fingerprint density at radius 2 is 1.78 bits per heavy atom. The Bertz CT molecular complexity index is 1520. The van der Waals surface area contributed by atoms with Crippen LogP contribution in [0.2, 0.25) is 5.02 Å². The molecule has 1 amide bonds. The van der Waals surface area contributed by atoms with E-state index in [9.17, 15) is 14.7 Å². The van der Waals surface area contributed by atoms with E-state index in [0.717, 1.165) is 21.3 Å². The van der Waals surface area contributed by atoms with Gasteiger partial charge in [-0.05, 0) is 79.9 Å². The fourth-order valence-electron chi connectivity index (χ4n) is 4.48. The molecule has 1 aliphatic heterocycles. The summed E-state index contributed by atoms with van der Waals surface area (Å²) in [6.45, 7) is 6.38. The summed E-state index contributed by atoms with van der Waals surface area (Å²) in [6, 6.07) is 16.8. The lowest BCUT2D eigenvalue weighted by atomic mass is 9.95. The second kappa shape index (κ2) is 9.41. The van der Waals surface area contributed by atoms with Crippen LogP contribution in [0.25, 0.3) is 16.0 Å². The Morgan fingerprint density at radius 3 is 2.44 bits per heavy atom. The topological polar surface area (TPSA) is 79.7 Å². The van der Waals surface area contributed by atoms with Crippen molar-refractivity contribution in [2.45, 2.75) is 26.8 Å². The number of benzene rings is 3. The molecule has 2 heterocycles. The van der Waals surface area contributed by atoms with E-state index in [2.05, 4.69) is 0 Å². The van der Waals surface area contributed by atoms with Crippen molar-refractivity contribution in [2.75, 3.05) is 11.5 Å². The maximum atomic E-state index is 13.4. The fraction of sp³-hybridized carbons (Fsp3) is 0.179. The zero-order chi connectivity index (χ0) is 25.6. The molecule has 0 bridgehead atoms. The van der Waals surface area contributed by atoms with Crippen molar-refractivity contribution in [1.29, 1.82) is 0 Å². The molecule has 4 aromatic rings. The zero-order valence-corrected chi connectivity index (χ0v) is 21.5. The number of thiazole rings is 1. The number of fused-ring (bicyclic) bond motifs is 1. The molecule has 8 heteroatoms. The molecular formula is C28H23ClN2O4S. The molecular weight excluding hydrogens is 496 g/mol. The van der Waals surface area contributed by atoms with Crippen LogP contribution in [0.4, 0.5) is 5.13 Å². The smallest absolute Gasteiger partial charge is 0.301 e. The Morgan fingerprint density at radius 1 is 1.08 bits per heavy atom. The predicted molar refractivity (Wildman–Crippen MR) is 143 cm³/mol. The molecule has 1 aromatic heterocycles. The molecule has 6 nitrogen and oxygen atoms in total. The predicted octanol–water partition coefficient (Wildman–Crippen LogP) is 6.59. The minimum atomic E-state index is -0.863. The number of aromatic nitrogens is 1. The number of nitrogens with zero attached hydrogens (tertiary/aromatic N) is 2. The van der Waals surface area contributed by atoms with E-state index in [0.29, 0.717) is 33.6 Å². The number of rotatable bonds is 5. The van der Waals surface area contributed by atoms with Crippen LogP contribution in [0.15, 0.2) is 66.2 Å². The quantitative estimate of drug-likeness (QED) is 0.183. The second-order valence-electron chi connectivity index (χ2n) is 8.60. The second-order valence-corrected chi connectivity index (χ2v) is 10.0. The van der Waals surface area contributed by atoms with E-state index < -0.39 is 17.7 Å². The van der Waals surface area contributed by atoms with Crippen LogP contribution >= 0.6 is 22.9 Å². The van der Waals surface area contributed by atoms with E-state index in [1.807, 2.05) is 32.9 Å². The van der Waals surface area contributed by atoms with Gasteiger partial charge in [-0.15, -0.1) is 0 Å². The number of aliphatic hydroxyl groups excluding tert-OH is 1. The third kappa shape index (κ3) is 4.14. The van der Waals surface area contributed by atoms with Crippen molar-refractivity contribution in [1.82, 2.24) is 4.98 Å². The number of hydrogen-bond acceptors (Lipinski definition) is 6. The van der Waals surface area contributed by atoms with Gasteiger partial charge in [0.05, 0.1) is 28.4 Å². The summed E-state index contributed by atoms with van der Waals surface area (Å²) >= 11 is 7.36. The lowest BCUT2D eigenvalue weighted by Gasteiger charge is -2.23. The number of aryl methyl sites for hydroxylation is 2. The standard InChI is InChI=1S/C28H23ClN2O4S/c1-4-35-20-11-7-17(8-12-20)24-22(25(32)18-5-9-19(29)10-6-18)26(33)27(34)31(24)28-30-23-16(3)13-15(2)14-21(23)36-28/h5-14,24,32H,4H2,1-3H3/b25-22+/t24-/m1/s1. The van der Waals surface area contributed by atoms with Crippen molar-refractivity contribution in [3.05, 3.63) is 93.5 Å². The lowest BCUT2D eigenvalue weighted by molar-refractivity contribution is -0.132. The maximum absolute atomic E-state index is 13.4. The van der Waals surface area contributed by atoms with Crippen molar-refractivity contribution in [3.8, 4) is 5.75 Å². The van der Waals surface area contributed by atoms with E-state index >= 15 is 0 Å². The van der Waals surface area contributed by atoms with E-state index in [1.165, 1.54) is 16.2 Å². The number of anilines is 1. The lowest BCUT2D eigenvalue weighted by Crippen LogP contribution is -2.29. The molecule has 1 aliphatic rings. The Labute approximate surface area is 217 Å². The molecule has 1 atom stereocenters. The van der Waals surface area contributed by atoms with Crippen molar-refractivity contribution in [3.63, 3.8) is 0 Å². The first kappa shape index (κ1) is 24.0. The number of carbonyl (C=O) groups excluding carboxylic acids is 2. The van der Waals surface area contributed by atoms with Crippen LogP contribution < -0.4 is 9.64 Å². The first-order chi connectivity index (χ1) is 17.3.